The summed E-state index contributed by atoms with van der Waals surface area (Å²) in [5.74, 6) is 1.13. The topological polar surface area (TPSA) is 69.7 Å². The summed E-state index contributed by atoms with van der Waals surface area (Å²) in [6, 6.07) is 13.8. The predicted molar refractivity (Wildman–Crippen MR) is 98.2 cm³/mol. The molecule has 0 bridgehead atoms. The molecule has 2 aromatic carbocycles. The Morgan fingerprint density at radius 3 is 2.33 bits per heavy atom. The molecule has 3 rings (SSSR count). The summed E-state index contributed by atoms with van der Waals surface area (Å²) in [7, 11) is 3.03. The minimum absolute atomic E-state index is 0.315. The van der Waals surface area contributed by atoms with Gasteiger partial charge >= 0.3 is 0 Å². The lowest BCUT2D eigenvalue weighted by atomic mass is 10.2. The van der Waals surface area contributed by atoms with E-state index >= 15 is 0 Å². The Bertz CT molecular complexity index is 928. The Kier molecular flexibility index (Phi) is 5.51. The number of hydrogen-bond acceptors (Lipinski definition) is 5. The van der Waals surface area contributed by atoms with Crippen LogP contribution in [-0.4, -0.2) is 25.1 Å². The highest BCUT2D eigenvalue weighted by atomic mass is 19.1. The van der Waals surface area contributed by atoms with Crippen molar-refractivity contribution in [3.63, 3.8) is 0 Å². The van der Waals surface area contributed by atoms with Crippen LogP contribution in [0.1, 0.15) is 10.4 Å². The van der Waals surface area contributed by atoms with Crippen molar-refractivity contribution in [2.24, 2.45) is 0 Å². The van der Waals surface area contributed by atoms with Crippen LogP contribution in [0.4, 0.5) is 10.1 Å². The van der Waals surface area contributed by atoms with E-state index in [4.69, 9.17) is 14.2 Å². The zero-order valence-corrected chi connectivity index (χ0v) is 14.7. The summed E-state index contributed by atoms with van der Waals surface area (Å²) in [4.78, 5) is 16.5. The van der Waals surface area contributed by atoms with E-state index < -0.39 is 0 Å². The van der Waals surface area contributed by atoms with Gasteiger partial charge in [0.15, 0.2) is 11.5 Å². The van der Waals surface area contributed by atoms with Crippen molar-refractivity contribution < 1.29 is 23.4 Å². The van der Waals surface area contributed by atoms with E-state index in [1.165, 1.54) is 44.7 Å². The van der Waals surface area contributed by atoms with E-state index in [0.29, 0.717) is 34.4 Å². The maximum Gasteiger partial charge on any atom is 0.255 e. The molecule has 7 heteroatoms. The molecule has 0 fully saturated rings. The number of nitrogens with zero attached hydrogens (tertiary/aromatic N) is 1. The Morgan fingerprint density at radius 2 is 1.70 bits per heavy atom. The molecule has 0 saturated heterocycles. The van der Waals surface area contributed by atoms with E-state index in [1.807, 2.05) is 0 Å². The number of rotatable bonds is 6. The van der Waals surface area contributed by atoms with E-state index in [-0.39, 0.29) is 11.7 Å². The number of benzene rings is 2. The Labute approximate surface area is 155 Å². The molecule has 1 N–H and O–H groups in total. The van der Waals surface area contributed by atoms with Crippen LogP contribution in [0.15, 0.2) is 60.8 Å². The monoisotopic (exact) mass is 368 g/mol. The standard InChI is InChI=1S/C20H17FN2O4/c1-25-17-9-3-13(11-18(17)26-2)20(24)23-15-6-10-19(22-12-15)27-16-7-4-14(21)5-8-16/h3-12H,1-2H3,(H,23,24). The molecule has 27 heavy (non-hydrogen) atoms. The van der Waals surface area contributed by atoms with Crippen LogP contribution in [0.2, 0.25) is 0 Å². The lowest BCUT2D eigenvalue weighted by molar-refractivity contribution is 0.102. The van der Waals surface area contributed by atoms with Gasteiger partial charge in [-0.2, -0.15) is 0 Å². The largest absolute Gasteiger partial charge is 0.493 e. The lowest BCUT2D eigenvalue weighted by Crippen LogP contribution is -2.12. The van der Waals surface area contributed by atoms with Crippen LogP contribution in [0.3, 0.4) is 0 Å². The van der Waals surface area contributed by atoms with E-state index in [0.717, 1.165) is 0 Å². The second kappa shape index (κ2) is 8.18. The maximum absolute atomic E-state index is 12.9. The minimum atomic E-state index is -0.344. The van der Waals surface area contributed by atoms with Gasteiger partial charge in [0, 0.05) is 11.6 Å². The second-order valence-electron chi connectivity index (χ2n) is 5.46. The molecule has 0 spiro atoms. The van der Waals surface area contributed by atoms with Crippen LogP contribution < -0.4 is 19.5 Å². The number of ether oxygens (including phenoxy) is 3. The van der Waals surface area contributed by atoms with E-state index in [2.05, 4.69) is 10.3 Å². The van der Waals surface area contributed by atoms with Crippen LogP contribution in [0.25, 0.3) is 0 Å². The molecule has 1 aromatic heterocycles. The van der Waals surface area contributed by atoms with Gasteiger partial charge < -0.3 is 19.5 Å². The molecular weight excluding hydrogens is 351 g/mol. The highest BCUT2D eigenvalue weighted by molar-refractivity contribution is 6.04. The summed E-state index contributed by atoms with van der Waals surface area (Å²) in [5, 5.41) is 2.74. The number of carbonyl (C=O) groups is 1. The van der Waals surface area contributed by atoms with Gasteiger partial charge in [0.05, 0.1) is 26.1 Å². The first-order chi connectivity index (χ1) is 13.1. The van der Waals surface area contributed by atoms with Crippen molar-refractivity contribution in [2.75, 3.05) is 19.5 Å². The molecule has 0 aliphatic rings. The van der Waals surface area contributed by atoms with Gasteiger partial charge in [0.1, 0.15) is 11.6 Å². The molecule has 1 heterocycles. The maximum atomic E-state index is 12.9. The fraction of sp³-hybridized carbons (Fsp3) is 0.100. The Balaban J connectivity index is 1.67. The van der Waals surface area contributed by atoms with Gasteiger partial charge in [-0.15, -0.1) is 0 Å². The average molecular weight is 368 g/mol. The van der Waals surface area contributed by atoms with Crippen molar-refractivity contribution in [3.8, 4) is 23.1 Å². The molecule has 0 radical (unpaired) electrons. The third-order valence-corrected chi connectivity index (χ3v) is 3.68. The normalized spacial score (nSPS) is 10.2. The van der Waals surface area contributed by atoms with Crippen molar-refractivity contribution in [1.29, 1.82) is 0 Å². The van der Waals surface area contributed by atoms with E-state index in [9.17, 15) is 9.18 Å². The zero-order chi connectivity index (χ0) is 19.2. The molecule has 0 saturated carbocycles. The third-order valence-electron chi connectivity index (χ3n) is 3.68. The molecule has 0 atom stereocenters. The van der Waals surface area contributed by atoms with E-state index in [1.54, 1.807) is 30.3 Å². The fourth-order valence-electron chi connectivity index (χ4n) is 2.32. The predicted octanol–water partition coefficient (Wildman–Crippen LogP) is 4.28. The molecule has 6 nitrogen and oxygen atoms in total. The quantitative estimate of drug-likeness (QED) is 0.703. The number of aromatic nitrogens is 1. The second-order valence-corrected chi connectivity index (χ2v) is 5.46. The van der Waals surface area contributed by atoms with Gasteiger partial charge in [-0.3, -0.25) is 4.79 Å². The molecule has 0 aliphatic carbocycles. The number of amides is 1. The first kappa shape index (κ1) is 18.2. The summed E-state index contributed by atoms with van der Waals surface area (Å²) >= 11 is 0. The van der Waals surface area contributed by atoms with Crippen LogP contribution in [0.5, 0.6) is 23.1 Å². The first-order valence-electron chi connectivity index (χ1n) is 8.02. The molecule has 0 unspecified atom stereocenters. The minimum Gasteiger partial charge on any atom is -0.493 e. The summed E-state index contributed by atoms with van der Waals surface area (Å²) in [6.45, 7) is 0. The van der Waals surface area contributed by atoms with Gasteiger partial charge in [-0.25, -0.2) is 9.37 Å². The SMILES string of the molecule is COc1ccc(C(=O)Nc2ccc(Oc3ccc(F)cc3)nc2)cc1OC. The highest BCUT2D eigenvalue weighted by Gasteiger charge is 2.11. The van der Waals surface area contributed by atoms with Crippen molar-refractivity contribution in [1.82, 2.24) is 4.98 Å². The van der Waals surface area contributed by atoms with Gasteiger partial charge in [-0.05, 0) is 48.5 Å². The molecule has 1 amide bonds. The van der Waals surface area contributed by atoms with Crippen LogP contribution >= 0.6 is 0 Å². The summed E-state index contributed by atoms with van der Waals surface area (Å²) < 4.78 is 28.8. The fourth-order valence-corrected chi connectivity index (χ4v) is 2.32. The lowest BCUT2D eigenvalue weighted by Gasteiger charge is -2.10. The molecule has 3 aromatic rings. The number of nitrogens with one attached hydrogen (secondary N) is 1. The van der Waals surface area contributed by atoms with Crippen LogP contribution in [0, 0.1) is 5.82 Å². The van der Waals surface area contributed by atoms with Gasteiger partial charge in [0.25, 0.3) is 5.91 Å². The number of hydrogen-bond donors (Lipinski definition) is 1. The van der Waals surface area contributed by atoms with Crippen molar-refractivity contribution in [3.05, 3.63) is 72.2 Å². The average Bonchev–Trinajstić information content (AvgIpc) is 2.70. The van der Waals surface area contributed by atoms with Crippen LogP contribution in [-0.2, 0) is 0 Å². The highest BCUT2D eigenvalue weighted by Crippen LogP contribution is 2.28. The zero-order valence-electron chi connectivity index (χ0n) is 14.7. The Morgan fingerprint density at radius 1 is 0.963 bits per heavy atom. The molecular formula is C20H17FN2O4. The molecule has 0 aliphatic heterocycles. The van der Waals surface area contributed by atoms with Crippen molar-refractivity contribution in [2.45, 2.75) is 0 Å². The summed E-state index contributed by atoms with van der Waals surface area (Å²) in [6.07, 6.45) is 1.47. The van der Waals surface area contributed by atoms with Gasteiger partial charge in [0.2, 0.25) is 5.88 Å². The summed E-state index contributed by atoms with van der Waals surface area (Å²) in [5.41, 5.74) is 0.917. The Hall–Kier alpha value is -3.61. The van der Waals surface area contributed by atoms with Crippen molar-refractivity contribution >= 4 is 11.6 Å². The number of methoxy groups -OCH3 is 2. The van der Waals surface area contributed by atoms with Gasteiger partial charge in [-0.1, -0.05) is 0 Å². The first-order valence-corrected chi connectivity index (χ1v) is 8.02. The molecule has 138 valence electrons. The number of anilines is 1. The number of carbonyl (C=O) groups excluding carboxylic acids is 1. The third kappa shape index (κ3) is 4.52. The smallest absolute Gasteiger partial charge is 0.255 e. The number of pyridine rings is 1. The number of halogens is 1.